The zero-order valence-corrected chi connectivity index (χ0v) is 24.1. The molecule has 3 aliphatic rings. The lowest BCUT2D eigenvalue weighted by atomic mass is 9.83. The molecular formula is C25H50N6O11. The number of amides is 1. The Morgan fingerprint density at radius 2 is 1.79 bits per heavy atom. The highest BCUT2D eigenvalue weighted by Crippen LogP contribution is 2.32. The predicted molar refractivity (Wildman–Crippen MR) is 146 cm³/mol. The van der Waals surface area contributed by atoms with Gasteiger partial charge < -0.3 is 82.7 Å². The van der Waals surface area contributed by atoms with Crippen molar-refractivity contribution in [2.45, 2.75) is 111 Å². The van der Waals surface area contributed by atoms with Gasteiger partial charge in [0.2, 0.25) is 5.91 Å². The minimum absolute atomic E-state index is 0.0391. The van der Waals surface area contributed by atoms with Crippen LogP contribution >= 0.6 is 0 Å². The molecule has 15 N–H and O–H groups in total. The topological polar surface area (TPSA) is 290 Å². The van der Waals surface area contributed by atoms with E-state index in [-0.39, 0.29) is 38.8 Å². The average molecular weight is 611 g/mol. The maximum atomic E-state index is 12.5. The molecule has 17 nitrogen and oxygen atoms in total. The van der Waals surface area contributed by atoms with Crippen molar-refractivity contribution in [2.24, 2.45) is 17.2 Å². The van der Waals surface area contributed by atoms with Gasteiger partial charge in [-0.05, 0) is 33.2 Å². The highest BCUT2D eigenvalue weighted by Gasteiger charge is 2.52. The Balaban J connectivity index is 1.75. The van der Waals surface area contributed by atoms with Gasteiger partial charge in [-0.3, -0.25) is 4.79 Å². The molecule has 14 atom stereocenters. The Labute approximate surface area is 245 Å². The molecule has 0 aromatic rings. The second kappa shape index (κ2) is 15.7. The van der Waals surface area contributed by atoms with Crippen LogP contribution in [0.3, 0.4) is 0 Å². The van der Waals surface area contributed by atoms with Crippen molar-refractivity contribution in [3.05, 3.63) is 0 Å². The molecule has 2 saturated heterocycles. The summed E-state index contributed by atoms with van der Waals surface area (Å²) in [4.78, 5) is 12.5. The highest BCUT2D eigenvalue weighted by molar-refractivity contribution is 5.81. The standard InChI is InChI=1S/C25H50N6O11/c1-25(38)10-39-24(18(36)21(25)29-2)42-20-15(31-22(37)16(34)6-26)5-14(28)19(17(20)35)41-23-13(27)4-3-12(40-23)8-30-7-11(33)9-32/h11-21,23-24,29-30,32-36,38H,3-10,26-28H2,1-2H3,(H,31,37)/t11-,12+,13-,14+,15-,16+,17+,18-,19-,20+,21-,23-,24-,25+/m1/s1. The van der Waals surface area contributed by atoms with Crippen LogP contribution in [0.2, 0.25) is 0 Å². The Hall–Kier alpha value is -1.13. The quantitative estimate of drug-likeness (QED) is 0.0922. The van der Waals surface area contributed by atoms with E-state index in [2.05, 4.69) is 16.0 Å². The minimum Gasteiger partial charge on any atom is -0.394 e. The molecule has 1 amide bonds. The summed E-state index contributed by atoms with van der Waals surface area (Å²) in [6.07, 6.45) is -8.97. The Morgan fingerprint density at radius 1 is 1.10 bits per heavy atom. The SMILES string of the molecule is CN[C@@H]1[C@@H](O)[C@@H](O[C@@H]2[C@@H](O)[C@H](O[C@H]3O[C@H](CNC[C@@H](O)CO)CC[C@H]3N)[C@@H](N)C[C@H]2NC(=O)[C@@H](O)CN)OC[C@]1(C)O. The first-order valence-electron chi connectivity index (χ1n) is 14.4. The van der Waals surface area contributed by atoms with Crippen molar-refractivity contribution in [3.63, 3.8) is 0 Å². The van der Waals surface area contributed by atoms with Crippen molar-refractivity contribution >= 4 is 5.91 Å². The smallest absolute Gasteiger partial charge is 0.250 e. The van der Waals surface area contributed by atoms with Gasteiger partial charge in [0, 0.05) is 25.7 Å². The molecule has 2 heterocycles. The molecular weight excluding hydrogens is 560 g/mol. The van der Waals surface area contributed by atoms with Gasteiger partial charge in [-0.1, -0.05) is 0 Å². The predicted octanol–water partition coefficient (Wildman–Crippen LogP) is -6.52. The summed E-state index contributed by atoms with van der Waals surface area (Å²) in [6, 6.07) is -3.15. The summed E-state index contributed by atoms with van der Waals surface area (Å²) in [5, 5.41) is 70.0. The van der Waals surface area contributed by atoms with Gasteiger partial charge in [0.1, 0.15) is 36.1 Å². The molecule has 0 aromatic carbocycles. The van der Waals surface area contributed by atoms with E-state index >= 15 is 0 Å². The molecule has 17 heteroatoms. The first kappa shape index (κ1) is 35.4. The fourth-order valence-electron chi connectivity index (χ4n) is 5.63. The van der Waals surface area contributed by atoms with Crippen LogP contribution in [-0.2, 0) is 23.7 Å². The van der Waals surface area contributed by atoms with Crippen LogP contribution in [0.1, 0.15) is 26.2 Å². The van der Waals surface area contributed by atoms with Crippen LogP contribution in [0.4, 0.5) is 0 Å². The van der Waals surface area contributed by atoms with E-state index in [0.717, 1.165) is 0 Å². The molecule has 1 saturated carbocycles. The summed E-state index contributed by atoms with van der Waals surface area (Å²) in [5.74, 6) is -0.796. The minimum atomic E-state index is -1.51. The average Bonchev–Trinajstić information content (AvgIpc) is 2.94. The Morgan fingerprint density at radius 3 is 2.43 bits per heavy atom. The Kier molecular flexibility index (Phi) is 13.2. The lowest BCUT2D eigenvalue weighted by Gasteiger charge is -2.49. The van der Waals surface area contributed by atoms with Gasteiger partial charge in [-0.25, -0.2) is 0 Å². The van der Waals surface area contributed by atoms with E-state index in [1.165, 1.54) is 6.92 Å². The zero-order chi connectivity index (χ0) is 31.2. The van der Waals surface area contributed by atoms with Crippen molar-refractivity contribution in [3.8, 4) is 0 Å². The second-order valence-electron chi connectivity index (χ2n) is 11.6. The van der Waals surface area contributed by atoms with Crippen LogP contribution in [0.5, 0.6) is 0 Å². The lowest BCUT2D eigenvalue weighted by Crippen LogP contribution is -2.69. The lowest BCUT2D eigenvalue weighted by molar-refractivity contribution is -0.307. The highest BCUT2D eigenvalue weighted by atomic mass is 16.7. The Bertz CT molecular complexity index is 847. The number of carbonyl (C=O) groups is 1. The molecule has 1 aliphatic carbocycles. The monoisotopic (exact) mass is 610 g/mol. The van der Waals surface area contributed by atoms with Crippen molar-refractivity contribution < 1.29 is 54.4 Å². The van der Waals surface area contributed by atoms with Gasteiger partial charge >= 0.3 is 0 Å². The van der Waals surface area contributed by atoms with Gasteiger partial charge in [0.05, 0.1) is 43.5 Å². The molecule has 0 spiro atoms. The fraction of sp³-hybridized carbons (Fsp3) is 0.960. The molecule has 3 rings (SSSR count). The van der Waals surface area contributed by atoms with E-state index in [4.69, 9.17) is 41.3 Å². The van der Waals surface area contributed by atoms with E-state index < -0.39 is 84.9 Å². The first-order chi connectivity index (χ1) is 19.8. The van der Waals surface area contributed by atoms with Crippen molar-refractivity contribution in [1.82, 2.24) is 16.0 Å². The van der Waals surface area contributed by atoms with Crippen LogP contribution in [-0.4, -0.2) is 162 Å². The van der Waals surface area contributed by atoms with Crippen LogP contribution < -0.4 is 33.2 Å². The molecule has 0 radical (unpaired) electrons. The van der Waals surface area contributed by atoms with Gasteiger partial charge in [0.25, 0.3) is 0 Å². The molecule has 2 aliphatic heterocycles. The molecule has 42 heavy (non-hydrogen) atoms. The summed E-state index contributed by atoms with van der Waals surface area (Å²) < 4.78 is 23.8. The first-order valence-corrected chi connectivity index (χ1v) is 14.4. The number of nitrogens with two attached hydrogens (primary N) is 3. The summed E-state index contributed by atoms with van der Waals surface area (Å²) in [5.41, 5.74) is 16.7. The molecule has 0 aromatic heterocycles. The number of ether oxygens (including phenoxy) is 4. The third-order valence-electron chi connectivity index (χ3n) is 8.06. The fourth-order valence-corrected chi connectivity index (χ4v) is 5.63. The molecule has 0 bridgehead atoms. The number of hydrogen-bond donors (Lipinski definition) is 12. The van der Waals surface area contributed by atoms with E-state index in [0.29, 0.717) is 19.4 Å². The summed E-state index contributed by atoms with van der Waals surface area (Å²) >= 11 is 0. The largest absolute Gasteiger partial charge is 0.394 e. The number of rotatable bonds is 13. The number of aliphatic hydroxyl groups excluding tert-OH is 5. The third-order valence-corrected chi connectivity index (χ3v) is 8.06. The van der Waals surface area contributed by atoms with Crippen molar-refractivity contribution in [2.75, 3.05) is 39.9 Å². The van der Waals surface area contributed by atoms with Gasteiger partial charge in [0.15, 0.2) is 12.6 Å². The molecule has 3 fully saturated rings. The second-order valence-corrected chi connectivity index (χ2v) is 11.6. The maximum Gasteiger partial charge on any atom is 0.250 e. The van der Waals surface area contributed by atoms with E-state index in [9.17, 15) is 30.3 Å². The van der Waals surface area contributed by atoms with E-state index in [1.807, 2.05) is 0 Å². The summed E-state index contributed by atoms with van der Waals surface area (Å²) in [7, 11) is 1.56. The van der Waals surface area contributed by atoms with Gasteiger partial charge in [-0.2, -0.15) is 0 Å². The number of hydrogen-bond acceptors (Lipinski definition) is 16. The zero-order valence-electron chi connectivity index (χ0n) is 24.1. The third kappa shape index (κ3) is 8.74. The number of nitrogens with one attached hydrogen (secondary N) is 3. The van der Waals surface area contributed by atoms with Crippen LogP contribution in [0, 0.1) is 0 Å². The number of likely N-dealkylation sites (N-methyl/N-ethyl adjacent to an activating group) is 1. The van der Waals surface area contributed by atoms with Crippen LogP contribution in [0.25, 0.3) is 0 Å². The molecule has 0 unspecified atom stereocenters. The number of aliphatic hydroxyl groups is 6. The summed E-state index contributed by atoms with van der Waals surface area (Å²) in [6.45, 7) is 1.12. The maximum absolute atomic E-state index is 12.5. The van der Waals surface area contributed by atoms with Crippen molar-refractivity contribution in [1.29, 1.82) is 0 Å². The van der Waals surface area contributed by atoms with Gasteiger partial charge in [-0.15, -0.1) is 0 Å². The van der Waals surface area contributed by atoms with E-state index in [1.54, 1.807) is 7.05 Å². The number of carbonyl (C=O) groups excluding carboxylic acids is 1. The normalized spacial score (nSPS) is 42.6. The molecule has 246 valence electrons. The van der Waals surface area contributed by atoms with Crippen LogP contribution in [0.15, 0.2) is 0 Å².